The topological polar surface area (TPSA) is 49.2 Å². The van der Waals surface area contributed by atoms with E-state index in [1.54, 1.807) is 0 Å². The van der Waals surface area contributed by atoms with Crippen LogP contribution in [0, 0.1) is 0 Å². The fraction of sp³-hybridized carbons (Fsp3) is 0.867. The van der Waals surface area contributed by atoms with Crippen molar-refractivity contribution < 1.29 is 0 Å². The zero-order chi connectivity index (χ0) is 15.1. The highest BCUT2D eigenvalue weighted by Gasteiger charge is 2.11. The van der Waals surface area contributed by atoms with E-state index in [0.29, 0.717) is 6.04 Å². The lowest BCUT2D eigenvalue weighted by Gasteiger charge is -2.21. The highest BCUT2D eigenvalue weighted by atomic mass is 15.4. The average Bonchev–Trinajstić information content (AvgIpc) is 3.12. The van der Waals surface area contributed by atoms with Gasteiger partial charge in [0, 0.05) is 38.4 Å². The van der Waals surface area contributed by atoms with Crippen LogP contribution in [-0.4, -0.2) is 70.6 Å². The maximum absolute atomic E-state index is 4.20. The third-order valence-corrected chi connectivity index (χ3v) is 3.98. The molecule has 1 aliphatic heterocycles. The van der Waals surface area contributed by atoms with Crippen molar-refractivity contribution in [3.8, 4) is 0 Å². The summed E-state index contributed by atoms with van der Waals surface area (Å²) in [4.78, 5) is 4.94. The van der Waals surface area contributed by atoms with Crippen molar-refractivity contribution in [2.45, 2.75) is 45.8 Å². The summed E-state index contributed by atoms with van der Waals surface area (Å²) in [5.41, 5.74) is 1.02. The molecule has 1 N–H and O–H groups in total. The van der Waals surface area contributed by atoms with Gasteiger partial charge in [0.25, 0.3) is 0 Å². The first-order valence-electron chi connectivity index (χ1n) is 8.17. The van der Waals surface area contributed by atoms with Crippen LogP contribution in [0.1, 0.15) is 32.4 Å². The average molecular weight is 294 g/mol. The number of aromatic nitrogens is 3. The van der Waals surface area contributed by atoms with E-state index < -0.39 is 0 Å². The monoisotopic (exact) mass is 294 g/mol. The van der Waals surface area contributed by atoms with Gasteiger partial charge in [-0.25, -0.2) is 0 Å². The molecule has 0 saturated carbocycles. The molecule has 0 atom stereocenters. The lowest BCUT2D eigenvalue weighted by atomic mass is 10.3. The summed E-state index contributed by atoms with van der Waals surface area (Å²) in [6.45, 7) is 11.9. The Kier molecular flexibility index (Phi) is 6.60. The van der Waals surface area contributed by atoms with Gasteiger partial charge in [0.15, 0.2) is 0 Å². The number of likely N-dealkylation sites (N-methyl/N-ethyl adjacent to an activating group) is 1. The van der Waals surface area contributed by atoms with Crippen molar-refractivity contribution in [1.29, 1.82) is 0 Å². The van der Waals surface area contributed by atoms with Crippen molar-refractivity contribution in [3.63, 3.8) is 0 Å². The van der Waals surface area contributed by atoms with Crippen LogP contribution < -0.4 is 5.32 Å². The van der Waals surface area contributed by atoms with E-state index >= 15 is 0 Å². The molecule has 0 radical (unpaired) electrons. The van der Waals surface area contributed by atoms with Crippen LogP contribution in [0.25, 0.3) is 0 Å². The molecule has 1 aliphatic rings. The highest BCUT2D eigenvalue weighted by molar-refractivity contribution is 4.91. The molecule has 6 heteroatoms. The van der Waals surface area contributed by atoms with Gasteiger partial charge in [-0.1, -0.05) is 19.1 Å². The lowest BCUT2D eigenvalue weighted by Crippen LogP contribution is -2.33. The Labute approximate surface area is 128 Å². The first-order chi connectivity index (χ1) is 10.1. The van der Waals surface area contributed by atoms with Gasteiger partial charge in [-0.15, -0.1) is 5.10 Å². The number of nitrogens with one attached hydrogen (secondary N) is 1. The SMILES string of the molecule is CC(C)NCc1cn(CCN(C)CCN2CCCC2)nn1. The Hall–Kier alpha value is -0.980. The van der Waals surface area contributed by atoms with Gasteiger partial charge in [0.1, 0.15) is 0 Å². The maximum Gasteiger partial charge on any atom is 0.0964 e. The largest absolute Gasteiger partial charge is 0.309 e. The van der Waals surface area contributed by atoms with Gasteiger partial charge in [0.05, 0.1) is 12.2 Å². The highest BCUT2D eigenvalue weighted by Crippen LogP contribution is 2.06. The summed E-state index contributed by atoms with van der Waals surface area (Å²) in [5.74, 6) is 0. The quantitative estimate of drug-likeness (QED) is 0.730. The van der Waals surface area contributed by atoms with E-state index in [1.807, 2.05) is 10.9 Å². The molecule has 1 aromatic rings. The molecule has 0 spiro atoms. The van der Waals surface area contributed by atoms with E-state index in [4.69, 9.17) is 0 Å². The molecule has 0 amide bonds. The second-order valence-corrected chi connectivity index (χ2v) is 6.36. The fourth-order valence-corrected chi connectivity index (χ4v) is 2.54. The molecular formula is C15H30N6. The first-order valence-corrected chi connectivity index (χ1v) is 8.17. The molecule has 1 fully saturated rings. The maximum atomic E-state index is 4.20. The molecule has 21 heavy (non-hydrogen) atoms. The molecule has 6 nitrogen and oxygen atoms in total. The van der Waals surface area contributed by atoms with Gasteiger partial charge in [0.2, 0.25) is 0 Å². The summed E-state index contributed by atoms with van der Waals surface area (Å²) in [6.07, 6.45) is 4.79. The van der Waals surface area contributed by atoms with Crippen molar-refractivity contribution in [3.05, 3.63) is 11.9 Å². The normalized spacial score (nSPS) is 16.4. The Morgan fingerprint density at radius 1 is 1.24 bits per heavy atom. The van der Waals surface area contributed by atoms with Gasteiger partial charge < -0.3 is 15.1 Å². The van der Waals surface area contributed by atoms with Crippen molar-refractivity contribution in [2.24, 2.45) is 0 Å². The molecule has 0 bridgehead atoms. The van der Waals surface area contributed by atoms with Crippen LogP contribution in [0.4, 0.5) is 0 Å². The number of nitrogens with zero attached hydrogens (tertiary/aromatic N) is 5. The number of likely N-dealkylation sites (tertiary alicyclic amines) is 1. The number of hydrogen-bond donors (Lipinski definition) is 1. The van der Waals surface area contributed by atoms with E-state index in [9.17, 15) is 0 Å². The van der Waals surface area contributed by atoms with Gasteiger partial charge >= 0.3 is 0 Å². The molecule has 1 saturated heterocycles. The third-order valence-electron chi connectivity index (χ3n) is 3.98. The van der Waals surface area contributed by atoms with E-state index in [1.165, 1.54) is 32.5 Å². The molecule has 0 unspecified atom stereocenters. The molecule has 0 aliphatic carbocycles. The van der Waals surface area contributed by atoms with Crippen LogP contribution in [0.5, 0.6) is 0 Å². The molecular weight excluding hydrogens is 264 g/mol. The summed E-state index contributed by atoms with van der Waals surface area (Å²) in [5, 5.41) is 11.8. The van der Waals surface area contributed by atoms with Crippen LogP contribution in [0.2, 0.25) is 0 Å². The predicted octanol–water partition coefficient (Wildman–Crippen LogP) is 0.804. The Bertz CT molecular complexity index is 397. The van der Waals surface area contributed by atoms with Crippen LogP contribution in [0.3, 0.4) is 0 Å². The Morgan fingerprint density at radius 2 is 1.95 bits per heavy atom. The minimum absolute atomic E-state index is 0.479. The summed E-state index contributed by atoms with van der Waals surface area (Å²) in [7, 11) is 2.19. The second kappa shape index (κ2) is 8.46. The van der Waals surface area contributed by atoms with Gasteiger partial charge in [-0.05, 0) is 33.0 Å². The fourth-order valence-electron chi connectivity index (χ4n) is 2.54. The lowest BCUT2D eigenvalue weighted by molar-refractivity contribution is 0.248. The van der Waals surface area contributed by atoms with Crippen molar-refractivity contribution in [2.75, 3.05) is 39.8 Å². The van der Waals surface area contributed by atoms with Crippen molar-refractivity contribution in [1.82, 2.24) is 30.1 Å². The van der Waals surface area contributed by atoms with E-state index in [2.05, 4.69) is 46.3 Å². The van der Waals surface area contributed by atoms with Crippen LogP contribution in [-0.2, 0) is 13.1 Å². The zero-order valence-corrected chi connectivity index (χ0v) is 13.8. The number of rotatable bonds is 9. The summed E-state index contributed by atoms with van der Waals surface area (Å²) >= 11 is 0. The minimum atomic E-state index is 0.479. The summed E-state index contributed by atoms with van der Waals surface area (Å²) < 4.78 is 1.95. The molecule has 2 rings (SSSR count). The summed E-state index contributed by atoms with van der Waals surface area (Å²) in [6, 6.07) is 0.479. The molecule has 120 valence electrons. The number of hydrogen-bond acceptors (Lipinski definition) is 5. The second-order valence-electron chi connectivity index (χ2n) is 6.36. The Balaban J connectivity index is 1.62. The van der Waals surface area contributed by atoms with Crippen LogP contribution in [0.15, 0.2) is 6.20 Å². The first kappa shape index (κ1) is 16.4. The van der Waals surface area contributed by atoms with E-state index in [0.717, 1.165) is 31.9 Å². The third kappa shape index (κ3) is 6.11. The van der Waals surface area contributed by atoms with Gasteiger partial charge in [-0.2, -0.15) is 0 Å². The zero-order valence-electron chi connectivity index (χ0n) is 13.8. The minimum Gasteiger partial charge on any atom is -0.309 e. The Morgan fingerprint density at radius 3 is 2.67 bits per heavy atom. The van der Waals surface area contributed by atoms with E-state index in [-0.39, 0.29) is 0 Å². The molecule has 1 aromatic heterocycles. The van der Waals surface area contributed by atoms with Gasteiger partial charge in [-0.3, -0.25) is 4.68 Å². The molecule has 0 aromatic carbocycles. The van der Waals surface area contributed by atoms with Crippen LogP contribution >= 0.6 is 0 Å². The van der Waals surface area contributed by atoms with Crippen molar-refractivity contribution >= 4 is 0 Å². The molecule has 2 heterocycles. The standard InChI is InChI=1S/C15H30N6/c1-14(2)16-12-15-13-21(18-17-15)11-9-19(3)8-10-20-6-4-5-7-20/h13-14,16H,4-12H2,1-3H3. The smallest absolute Gasteiger partial charge is 0.0964 e. The predicted molar refractivity (Wildman–Crippen MR) is 85.2 cm³/mol.